The molecule has 68 valence electrons. The number of hydrogen-bond acceptors (Lipinski definition) is 3. The predicted octanol–water partition coefficient (Wildman–Crippen LogP) is 0.947. The van der Waals surface area contributed by atoms with E-state index in [0.717, 1.165) is 13.2 Å². The maximum absolute atomic E-state index is 5.41. The van der Waals surface area contributed by atoms with Gasteiger partial charge in [-0.2, -0.15) is 0 Å². The Morgan fingerprint density at radius 2 is 1.82 bits per heavy atom. The summed E-state index contributed by atoms with van der Waals surface area (Å²) in [5, 5.41) is 0. The fourth-order valence-electron chi connectivity index (χ4n) is 0.757. The summed E-state index contributed by atoms with van der Waals surface area (Å²) in [6.45, 7) is 6.10. The summed E-state index contributed by atoms with van der Waals surface area (Å²) in [5.41, 5.74) is 0. The third-order valence-electron chi connectivity index (χ3n) is 1.40. The van der Waals surface area contributed by atoms with Crippen LogP contribution in [0.2, 0.25) is 0 Å². The normalized spacial score (nSPS) is 13.9. The maximum atomic E-state index is 5.41. The minimum atomic E-state index is 0.0972. The Balaban J connectivity index is 3.51. The Kier molecular flexibility index (Phi) is 6.51. The largest absolute Gasteiger partial charge is 0.378 e. The molecular formula is C8H19NO2. The lowest BCUT2D eigenvalue weighted by atomic mass is 10.5. The molecule has 0 amide bonds. The van der Waals surface area contributed by atoms with E-state index in [-0.39, 0.29) is 6.23 Å². The monoisotopic (exact) mass is 161 g/mol. The molecule has 1 atom stereocenters. The van der Waals surface area contributed by atoms with Gasteiger partial charge >= 0.3 is 0 Å². The first-order chi connectivity index (χ1) is 5.22. The van der Waals surface area contributed by atoms with Crippen LogP contribution in [0, 0.1) is 0 Å². The molecule has 0 aromatic carbocycles. The van der Waals surface area contributed by atoms with Gasteiger partial charge in [0.2, 0.25) is 0 Å². The molecule has 0 aliphatic carbocycles. The van der Waals surface area contributed by atoms with Gasteiger partial charge in [-0.15, -0.1) is 0 Å². The van der Waals surface area contributed by atoms with Gasteiger partial charge in [0.05, 0.1) is 6.61 Å². The van der Waals surface area contributed by atoms with Crippen LogP contribution in [-0.2, 0) is 9.47 Å². The fourth-order valence-corrected chi connectivity index (χ4v) is 0.757. The van der Waals surface area contributed by atoms with Crippen molar-refractivity contribution in [3.05, 3.63) is 0 Å². The van der Waals surface area contributed by atoms with Crippen LogP contribution in [0.5, 0.6) is 0 Å². The van der Waals surface area contributed by atoms with Crippen LogP contribution >= 0.6 is 0 Å². The van der Waals surface area contributed by atoms with E-state index in [0.29, 0.717) is 6.61 Å². The molecule has 0 aliphatic rings. The minimum absolute atomic E-state index is 0.0972. The predicted molar refractivity (Wildman–Crippen MR) is 45.6 cm³/mol. The van der Waals surface area contributed by atoms with Crippen LogP contribution in [0.25, 0.3) is 0 Å². The number of ether oxygens (including phenoxy) is 2. The van der Waals surface area contributed by atoms with Gasteiger partial charge in [0, 0.05) is 13.2 Å². The standard InChI is InChI=1S/C8H19NO2/c1-5-10-7-8(9(3)4)11-6-2/h8H,5-7H2,1-4H3. The average molecular weight is 161 g/mol. The van der Waals surface area contributed by atoms with Crippen molar-refractivity contribution in [2.75, 3.05) is 33.9 Å². The fraction of sp³-hybridized carbons (Fsp3) is 1.00. The molecule has 0 aliphatic heterocycles. The molecule has 0 bridgehead atoms. The topological polar surface area (TPSA) is 21.7 Å². The van der Waals surface area contributed by atoms with Crippen molar-refractivity contribution >= 4 is 0 Å². The highest BCUT2D eigenvalue weighted by atomic mass is 16.5. The van der Waals surface area contributed by atoms with E-state index < -0.39 is 0 Å². The molecule has 0 rings (SSSR count). The number of nitrogens with zero attached hydrogens (tertiary/aromatic N) is 1. The summed E-state index contributed by atoms with van der Waals surface area (Å²) in [4.78, 5) is 2.01. The highest BCUT2D eigenvalue weighted by molar-refractivity contribution is 4.51. The van der Waals surface area contributed by atoms with Gasteiger partial charge < -0.3 is 9.47 Å². The lowest BCUT2D eigenvalue weighted by Crippen LogP contribution is -2.35. The van der Waals surface area contributed by atoms with Crippen LogP contribution in [0.15, 0.2) is 0 Å². The maximum Gasteiger partial charge on any atom is 0.133 e. The lowest BCUT2D eigenvalue weighted by molar-refractivity contribution is -0.0787. The summed E-state index contributed by atoms with van der Waals surface area (Å²) < 4.78 is 10.6. The Bertz CT molecular complexity index is 86.2. The summed E-state index contributed by atoms with van der Waals surface area (Å²) in [6.07, 6.45) is 0.0972. The molecule has 3 nitrogen and oxygen atoms in total. The van der Waals surface area contributed by atoms with Crippen molar-refractivity contribution in [3.63, 3.8) is 0 Å². The third kappa shape index (κ3) is 5.18. The molecule has 0 N–H and O–H groups in total. The zero-order chi connectivity index (χ0) is 8.69. The van der Waals surface area contributed by atoms with Gasteiger partial charge in [-0.05, 0) is 27.9 Å². The van der Waals surface area contributed by atoms with Crippen molar-refractivity contribution in [3.8, 4) is 0 Å². The lowest BCUT2D eigenvalue weighted by Gasteiger charge is -2.23. The molecule has 0 fully saturated rings. The zero-order valence-electron chi connectivity index (χ0n) is 7.96. The molecule has 1 unspecified atom stereocenters. The van der Waals surface area contributed by atoms with E-state index in [1.807, 2.05) is 32.8 Å². The summed E-state index contributed by atoms with van der Waals surface area (Å²) in [7, 11) is 3.97. The molecule has 0 saturated carbocycles. The Morgan fingerprint density at radius 1 is 1.18 bits per heavy atom. The summed E-state index contributed by atoms with van der Waals surface area (Å²) in [6, 6.07) is 0. The molecule has 11 heavy (non-hydrogen) atoms. The minimum Gasteiger partial charge on any atom is -0.378 e. The van der Waals surface area contributed by atoms with Crippen LogP contribution in [-0.4, -0.2) is 45.0 Å². The van der Waals surface area contributed by atoms with Crippen LogP contribution < -0.4 is 0 Å². The van der Waals surface area contributed by atoms with Crippen molar-refractivity contribution < 1.29 is 9.47 Å². The highest BCUT2D eigenvalue weighted by Gasteiger charge is 2.09. The van der Waals surface area contributed by atoms with Gasteiger partial charge in [-0.25, -0.2) is 0 Å². The molecule has 0 spiro atoms. The first-order valence-electron chi connectivity index (χ1n) is 4.08. The Labute approximate surface area is 69.3 Å². The second kappa shape index (κ2) is 6.58. The van der Waals surface area contributed by atoms with E-state index >= 15 is 0 Å². The van der Waals surface area contributed by atoms with Crippen molar-refractivity contribution in [2.24, 2.45) is 0 Å². The number of rotatable bonds is 6. The van der Waals surface area contributed by atoms with Crippen LogP contribution in [0.3, 0.4) is 0 Å². The first kappa shape index (κ1) is 10.9. The molecular weight excluding hydrogens is 142 g/mol. The van der Waals surface area contributed by atoms with Crippen molar-refractivity contribution in [2.45, 2.75) is 20.1 Å². The van der Waals surface area contributed by atoms with Crippen molar-refractivity contribution in [1.29, 1.82) is 0 Å². The van der Waals surface area contributed by atoms with Gasteiger partial charge in [0.25, 0.3) is 0 Å². The molecule has 0 aromatic heterocycles. The first-order valence-corrected chi connectivity index (χ1v) is 4.08. The Morgan fingerprint density at radius 3 is 2.18 bits per heavy atom. The second-order valence-corrected chi connectivity index (χ2v) is 2.53. The SMILES string of the molecule is CCOCC(OCC)N(C)C. The number of likely N-dealkylation sites (N-methyl/N-ethyl adjacent to an activating group) is 1. The molecule has 0 saturated heterocycles. The summed E-state index contributed by atoms with van der Waals surface area (Å²) in [5.74, 6) is 0. The molecule has 0 radical (unpaired) electrons. The van der Waals surface area contributed by atoms with Crippen molar-refractivity contribution in [1.82, 2.24) is 4.90 Å². The average Bonchev–Trinajstić information content (AvgIpc) is 1.97. The van der Waals surface area contributed by atoms with E-state index in [9.17, 15) is 0 Å². The second-order valence-electron chi connectivity index (χ2n) is 2.53. The van der Waals surface area contributed by atoms with Gasteiger partial charge in [0.15, 0.2) is 0 Å². The van der Waals surface area contributed by atoms with Gasteiger partial charge in [-0.1, -0.05) is 0 Å². The molecule has 0 heterocycles. The Hall–Kier alpha value is -0.120. The number of hydrogen-bond donors (Lipinski definition) is 0. The highest BCUT2D eigenvalue weighted by Crippen LogP contribution is 1.96. The van der Waals surface area contributed by atoms with Gasteiger partial charge in [-0.3, -0.25) is 4.90 Å². The smallest absolute Gasteiger partial charge is 0.133 e. The van der Waals surface area contributed by atoms with E-state index in [4.69, 9.17) is 9.47 Å². The zero-order valence-corrected chi connectivity index (χ0v) is 7.96. The van der Waals surface area contributed by atoms with E-state index in [1.165, 1.54) is 0 Å². The summed E-state index contributed by atoms with van der Waals surface area (Å²) >= 11 is 0. The van der Waals surface area contributed by atoms with Crippen LogP contribution in [0.4, 0.5) is 0 Å². The molecule has 0 aromatic rings. The van der Waals surface area contributed by atoms with Gasteiger partial charge in [0.1, 0.15) is 6.23 Å². The third-order valence-corrected chi connectivity index (χ3v) is 1.40. The molecule has 3 heteroatoms. The van der Waals surface area contributed by atoms with Crippen LogP contribution in [0.1, 0.15) is 13.8 Å². The van der Waals surface area contributed by atoms with E-state index in [2.05, 4.69) is 0 Å². The quantitative estimate of drug-likeness (QED) is 0.541. The van der Waals surface area contributed by atoms with E-state index in [1.54, 1.807) is 0 Å².